The minimum absolute atomic E-state index is 0.176. The van der Waals surface area contributed by atoms with Crippen LogP contribution >= 0.6 is 11.3 Å². The lowest BCUT2D eigenvalue weighted by Gasteiger charge is -2.37. The van der Waals surface area contributed by atoms with Crippen molar-refractivity contribution in [1.29, 1.82) is 0 Å². The van der Waals surface area contributed by atoms with Gasteiger partial charge in [-0.05, 0) is 77.1 Å². The van der Waals surface area contributed by atoms with E-state index < -0.39 is 5.60 Å². The van der Waals surface area contributed by atoms with Crippen LogP contribution in [0, 0.1) is 12.8 Å². The molecule has 43 heavy (non-hydrogen) atoms. The van der Waals surface area contributed by atoms with E-state index >= 15 is 0 Å². The molecule has 11 heteroatoms. The SMILES string of the molecule is Cc1c(Oc2ccccn2)ccc(NC(=O)c2csc(-c3ccnnc3)n2)c1N1CCC[C@@H](CCC(=O)OC(C)(C)C)C1. The maximum atomic E-state index is 13.4. The van der Waals surface area contributed by atoms with Crippen molar-refractivity contribution in [1.82, 2.24) is 20.2 Å². The zero-order chi connectivity index (χ0) is 30.4. The lowest BCUT2D eigenvalue weighted by molar-refractivity contribution is -0.155. The number of piperidine rings is 1. The first-order chi connectivity index (χ1) is 20.7. The van der Waals surface area contributed by atoms with Crippen LogP contribution in [0.4, 0.5) is 11.4 Å². The summed E-state index contributed by atoms with van der Waals surface area (Å²) in [5, 5.41) is 13.3. The number of carbonyl (C=O) groups excluding carboxylic acids is 2. The number of esters is 1. The average molecular weight is 601 g/mol. The molecule has 5 rings (SSSR count). The van der Waals surface area contributed by atoms with Crippen LogP contribution in [0.25, 0.3) is 10.6 Å². The number of thiazole rings is 1. The average Bonchev–Trinajstić information content (AvgIpc) is 3.49. The zero-order valence-corrected chi connectivity index (χ0v) is 25.7. The molecule has 1 aliphatic heterocycles. The summed E-state index contributed by atoms with van der Waals surface area (Å²) in [7, 11) is 0. The van der Waals surface area contributed by atoms with Crippen molar-refractivity contribution in [3.05, 3.63) is 71.6 Å². The third-order valence-electron chi connectivity index (χ3n) is 7.06. The fourth-order valence-corrected chi connectivity index (χ4v) is 5.94. The van der Waals surface area contributed by atoms with E-state index in [2.05, 4.69) is 30.4 Å². The van der Waals surface area contributed by atoms with E-state index in [1.807, 2.05) is 58.0 Å². The van der Waals surface area contributed by atoms with Gasteiger partial charge in [0.05, 0.1) is 23.8 Å². The number of nitrogens with one attached hydrogen (secondary N) is 1. The monoisotopic (exact) mass is 600 g/mol. The summed E-state index contributed by atoms with van der Waals surface area (Å²) >= 11 is 1.38. The van der Waals surface area contributed by atoms with Gasteiger partial charge in [0.25, 0.3) is 5.91 Å². The Bertz CT molecular complexity index is 1560. The van der Waals surface area contributed by atoms with Crippen LogP contribution in [-0.4, -0.2) is 50.7 Å². The number of pyridine rings is 1. The van der Waals surface area contributed by atoms with Crippen molar-refractivity contribution in [2.24, 2.45) is 5.92 Å². The van der Waals surface area contributed by atoms with E-state index in [0.29, 0.717) is 40.4 Å². The quantitative estimate of drug-likeness (QED) is 0.210. The second-order valence-electron chi connectivity index (χ2n) is 11.6. The molecule has 1 N–H and O–H groups in total. The normalized spacial score (nSPS) is 15.2. The molecule has 1 saturated heterocycles. The van der Waals surface area contributed by atoms with Crippen molar-refractivity contribution < 1.29 is 19.1 Å². The number of rotatable bonds is 9. The largest absolute Gasteiger partial charge is 0.460 e. The molecule has 224 valence electrons. The summed E-state index contributed by atoms with van der Waals surface area (Å²) < 4.78 is 11.7. The highest BCUT2D eigenvalue weighted by Gasteiger charge is 2.27. The van der Waals surface area contributed by atoms with Crippen LogP contribution in [0.5, 0.6) is 11.6 Å². The first-order valence-electron chi connectivity index (χ1n) is 14.4. The summed E-state index contributed by atoms with van der Waals surface area (Å²) in [5.41, 5.74) is 3.07. The van der Waals surface area contributed by atoms with Crippen molar-refractivity contribution in [3.63, 3.8) is 0 Å². The van der Waals surface area contributed by atoms with Gasteiger partial charge in [-0.3, -0.25) is 9.59 Å². The number of ether oxygens (including phenoxy) is 2. The Hall–Kier alpha value is -4.38. The van der Waals surface area contributed by atoms with E-state index in [4.69, 9.17) is 9.47 Å². The van der Waals surface area contributed by atoms with Crippen molar-refractivity contribution in [2.75, 3.05) is 23.3 Å². The minimum Gasteiger partial charge on any atom is -0.460 e. The number of anilines is 2. The molecule has 0 saturated carbocycles. The van der Waals surface area contributed by atoms with Gasteiger partial charge in [0, 0.05) is 48.3 Å². The molecule has 4 aromatic rings. The number of benzene rings is 1. The molecule has 0 aliphatic carbocycles. The van der Waals surface area contributed by atoms with Gasteiger partial charge in [0.15, 0.2) is 0 Å². The Morgan fingerprint density at radius 1 is 1.12 bits per heavy atom. The third kappa shape index (κ3) is 7.92. The number of hydrogen-bond donors (Lipinski definition) is 1. The van der Waals surface area contributed by atoms with Gasteiger partial charge in [-0.25, -0.2) is 9.97 Å². The van der Waals surface area contributed by atoms with Crippen LogP contribution in [0.3, 0.4) is 0 Å². The Labute approximate surface area is 255 Å². The molecule has 1 atom stereocenters. The molecule has 3 aromatic heterocycles. The Morgan fingerprint density at radius 2 is 1.98 bits per heavy atom. The second kappa shape index (κ2) is 13.3. The molecule has 10 nitrogen and oxygen atoms in total. The second-order valence-corrected chi connectivity index (χ2v) is 12.4. The summed E-state index contributed by atoms with van der Waals surface area (Å²) in [6, 6.07) is 11.0. The molecule has 0 bridgehead atoms. The molecule has 0 spiro atoms. The first-order valence-corrected chi connectivity index (χ1v) is 15.3. The van der Waals surface area contributed by atoms with E-state index in [0.717, 1.165) is 49.2 Å². The molecule has 0 unspecified atom stereocenters. The predicted molar refractivity (Wildman–Crippen MR) is 167 cm³/mol. The van der Waals surface area contributed by atoms with E-state index in [9.17, 15) is 9.59 Å². The van der Waals surface area contributed by atoms with E-state index in [1.54, 1.807) is 30.0 Å². The summed E-state index contributed by atoms with van der Waals surface area (Å²) in [5.74, 6) is 0.970. The van der Waals surface area contributed by atoms with Gasteiger partial charge in [-0.15, -0.1) is 11.3 Å². The Morgan fingerprint density at radius 3 is 2.72 bits per heavy atom. The Kier molecular flexibility index (Phi) is 9.30. The highest BCUT2D eigenvalue weighted by atomic mass is 32.1. The highest BCUT2D eigenvalue weighted by molar-refractivity contribution is 7.13. The topological polar surface area (TPSA) is 119 Å². The number of carbonyl (C=O) groups is 2. The van der Waals surface area contributed by atoms with Gasteiger partial charge in [-0.2, -0.15) is 10.2 Å². The molecule has 1 amide bonds. The molecule has 1 fully saturated rings. The molecular formula is C32H36N6O4S. The summed E-state index contributed by atoms with van der Waals surface area (Å²) in [6.07, 6.45) is 8.01. The zero-order valence-electron chi connectivity index (χ0n) is 24.9. The van der Waals surface area contributed by atoms with Crippen molar-refractivity contribution >= 4 is 34.6 Å². The molecular weight excluding hydrogens is 564 g/mol. The maximum Gasteiger partial charge on any atom is 0.306 e. The fraction of sp³-hybridized carbons (Fsp3) is 0.375. The van der Waals surface area contributed by atoms with Crippen LogP contribution in [-0.2, 0) is 9.53 Å². The smallest absolute Gasteiger partial charge is 0.306 e. The van der Waals surface area contributed by atoms with Crippen molar-refractivity contribution in [2.45, 2.75) is 59.0 Å². The highest BCUT2D eigenvalue weighted by Crippen LogP contribution is 2.40. The fourth-order valence-electron chi connectivity index (χ4n) is 5.15. The van der Waals surface area contributed by atoms with Gasteiger partial charge < -0.3 is 19.7 Å². The summed E-state index contributed by atoms with van der Waals surface area (Å²) in [4.78, 5) is 37.0. The molecule has 4 heterocycles. The van der Waals surface area contributed by atoms with Crippen LogP contribution in [0.2, 0.25) is 0 Å². The number of aromatic nitrogens is 4. The predicted octanol–water partition coefficient (Wildman–Crippen LogP) is 6.69. The van der Waals surface area contributed by atoms with E-state index in [1.165, 1.54) is 11.3 Å². The van der Waals surface area contributed by atoms with Crippen LogP contribution < -0.4 is 15.0 Å². The van der Waals surface area contributed by atoms with Gasteiger partial charge in [0.1, 0.15) is 22.1 Å². The number of hydrogen-bond acceptors (Lipinski definition) is 10. The van der Waals surface area contributed by atoms with Gasteiger partial charge in [0.2, 0.25) is 5.88 Å². The summed E-state index contributed by atoms with van der Waals surface area (Å²) in [6.45, 7) is 9.20. The van der Waals surface area contributed by atoms with Gasteiger partial charge >= 0.3 is 5.97 Å². The van der Waals surface area contributed by atoms with E-state index in [-0.39, 0.29) is 11.9 Å². The maximum absolute atomic E-state index is 13.4. The minimum atomic E-state index is -0.499. The molecule has 1 aliphatic rings. The van der Waals surface area contributed by atoms with Crippen LogP contribution in [0.1, 0.15) is 62.5 Å². The van der Waals surface area contributed by atoms with Gasteiger partial charge in [-0.1, -0.05) is 6.07 Å². The molecule has 1 aromatic carbocycles. The standard InChI is InChI=1S/C32H36N6O4S/c1-21-26(41-27-9-5-6-15-33-27)12-11-24(36-30(40)25-20-43-31(37-25)23-14-16-34-35-18-23)29(21)38-17-7-8-22(19-38)10-13-28(39)42-32(2,3)4/h5-6,9,11-12,14-16,18,20,22H,7-8,10,13,17,19H2,1-4H3,(H,36,40)/t22-/m0/s1. The Balaban J connectivity index is 1.39. The number of amides is 1. The van der Waals surface area contributed by atoms with Crippen molar-refractivity contribution in [3.8, 4) is 22.2 Å². The third-order valence-corrected chi connectivity index (χ3v) is 7.95. The molecule has 0 radical (unpaired) electrons. The lowest BCUT2D eigenvalue weighted by Crippen LogP contribution is -2.37. The first kappa shape index (κ1) is 30.1. The number of nitrogens with zero attached hydrogens (tertiary/aromatic N) is 5. The lowest BCUT2D eigenvalue weighted by atomic mass is 9.92. The van der Waals surface area contributed by atoms with Crippen LogP contribution in [0.15, 0.2) is 60.4 Å².